The molecular weight excluding hydrogens is 344 g/mol. The molecule has 0 aliphatic heterocycles. The van der Waals surface area contributed by atoms with Crippen LogP contribution in [0, 0.1) is 0 Å². The van der Waals surface area contributed by atoms with Gasteiger partial charge in [0.15, 0.2) is 0 Å². The van der Waals surface area contributed by atoms with Gasteiger partial charge in [0.2, 0.25) is 0 Å². The zero-order valence-electron chi connectivity index (χ0n) is 16.0. The fraction of sp³-hybridized carbons (Fsp3) is 0.115. The zero-order chi connectivity index (χ0) is 19.4. The molecule has 0 radical (unpaired) electrons. The smallest absolute Gasteiger partial charge is 0.333 e. The molecular formula is C26H20O2. The Labute approximate surface area is 163 Å². The van der Waals surface area contributed by atoms with Crippen molar-refractivity contribution in [3.05, 3.63) is 84.4 Å². The molecule has 0 bridgehead atoms. The molecule has 0 spiro atoms. The molecule has 0 amide bonds. The van der Waals surface area contributed by atoms with Crippen molar-refractivity contribution in [1.82, 2.24) is 0 Å². The second-order valence-electron chi connectivity index (χ2n) is 7.47. The van der Waals surface area contributed by atoms with Gasteiger partial charge in [-0.25, -0.2) is 4.79 Å². The van der Waals surface area contributed by atoms with Crippen molar-refractivity contribution in [1.29, 1.82) is 0 Å². The topological polar surface area (TPSA) is 26.3 Å². The lowest BCUT2D eigenvalue weighted by molar-refractivity contribution is -0.143. The summed E-state index contributed by atoms with van der Waals surface area (Å²) in [6, 6.07) is 23.5. The van der Waals surface area contributed by atoms with Crippen molar-refractivity contribution >= 4 is 49.1 Å². The molecule has 28 heavy (non-hydrogen) atoms. The molecule has 0 heterocycles. The molecule has 1 atom stereocenters. The molecule has 0 saturated heterocycles. The number of hydrogen-bond acceptors (Lipinski definition) is 2. The van der Waals surface area contributed by atoms with E-state index in [1.54, 1.807) is 6.92 Å². The van der Waals surface area contributed by atoms with Crippen LogP contribution in [-0.2, 0) is 9.53 Å². The van der Waals surface area contributed by atoms with E-state index in [0.717, 1.165) is 5.56 Å². The van der Waals surface area contributed by atoms with Crippen molar-refractivity contribution in [2.75, 3.05) is 0 Å². The Morgan fingerprint density at radius 1 is 0.786 bits per heavy atom. The summed E-state index contributed by atoms with van der Waals surface area (Å²) in [6.07, 6.45) is -0.364. The van der Waals surface area contributed by atoms with Crippen LogP contribution in [0.1, 0.15) is 25.5 Å². The monoisotopic (exact) mass is 364 g/mol. The largest absolute Gasteiger partial charge is 0.454 e. The van der Waals surface area contributed by atoms with Crippen molar-refractivity contribution < 1.29 is 9.53 Å². The van der Waals surface area contributed by atoms with E-state index in [-0.39, 0.29) is 12.1 Å². The van der Waals surface area contributed by atoms with Crippen LogP contribution in [0.15, 0.2) is 78.9 Å². The number of fused-ring (bicyclic) bond motifs is 2. The van der Waals surface area contributed by atoms with Crippen LogP contribution in [-0.4, -0.2) is 5.97 Å². The first-order valence-corrected chi connectivity index (χ1v) is 9.51. The van der Waals surface area contributed by atoms with Crippen LogP contribution in [0.5, 0.6) is 0 Å². The minimum atomic E-state index is -0.364. The number of rotatable bonds is 3. The van der Waals surface area contributed by atoms with Gasteiger partial charge in [0.05, 0.1) is 0 Å². The van der Waals surface area contributed by atoms with Gasteiger partial charge in [-0.1, -0.05) is 73.3 Å². The maximum atomic E-state index is 12.1. The highest BCUT2D eigenvalue weighted by Crippen LogP contribution is 2.43. The Balaban J connectivity index is 1.94. The summed E-state index contributed by atoms with van der Waals surface area (Å²) in [5, 5.41) is 9.76. The normalized spacial score (nSPS) is 12.8. The van der Waals surface area contributed by atoms with Gasteiger partial charge in [-0.05, 0) is 56.9 Å². The highest BCUT2D eigenvalue weighted by atomic mass is 16.5. The lowest BCUT2D eigenvalue weighted by Crippen LogP contribution is -2.09. The standard InChI is InChI=1S/C26H20O2/c1-15(2)26(27)28-16(3)19-14-13-18-9-5-11-21-20-10-4-7-17-8-6-12-22(23(17)20)25(19)24(18)21/h4-14,16H,1H2,2-3H3. The summed E-state index contributed by atoms with van der Waals surface area (Å²) in [6.45, 7) is 7.31. The molecule has 5 rings (SSSR count). The molecule has 2 heteroatoms. The third kappa shape index (κ3) is 2.31. The average Bonchev–Trinajstić information content (AvgIpc) is 2.71. The molecule has 5 aromatic carbocycles. The first-order valence-electron chi connectivity index (χ1n) is 9.51. The molecule has 2 nitrogen and oxygen atoms in total. The van der Waals surface area contributed by atoms with Crippen LogP contribution in [0.2, 0.25) is 0 Å². The fourth-order valence-electron chi connectivity index (χ4n) is 4.35. The number of benzene rings is 5. The Morgan fingerprint density at radius 3 is 2.00 bits per heavy atom. The third-order valence-electron chi connectivity index (χ3n) is 5.61. The van der Waals surface area contributed by atoms with Crippen molar-refractivity contribution in [2.45, 2.75) is 20.0 Å². The quantitative estimate of drug-likeness (QED) is 0.150. The second kappa shape index (κ2) is 6.07. The van der Waals surface area contributed by atoms with Gasteiger partial charge in [0, 0.05) is 11.1 Å². The minimum Gasteiger partial charge on any atom is -0.454 e. The SMILES string of the molecule is C=C(C)C(=O)OC(C)c1ccc2cccc3c4cccc5cccc(c1c23)c54. The number of esters is 1. The zero-order valence-corrected chi connectivity index (χ0v) is 16.0. The van der Waals surface area contributed by atoms with Gasteiger partial charge in [-0.3, -0.25) is 0 Å². The molecule has 1 unspecified atom stereocenters. The van der Waals surface area contributed by atoms with E-state index in [4.69, 9.17) is 4.74 Å². The van der Waals surface area contributed by atoms with Gasteiger partial charge in [-0.2, -0.15) is 0 Å². The number of carbonyl (C=O) groups excluding carboxylic acids is 1. The van der Waals surface area contributed by atoms with E-state index in [1.807, 2.05) is 6.92 Å². The molecule has 0 N–H and O–H groups in total. The fourth-order valence-corrected chi connectivity index (χ4v) is 4.35. The molecule has 0 aromatic heterocycles. The van der Waals surface area contributed by atoms with Crippen LogP contribution in [0.4, 0.5) is 0 Å². The minimum absolute atomic E-state index is 0.359. The van der Waals surface area contributed by atoms with Crippen LogP contribution in [0.3, 0.4) is 0 Å². The van der Waals surface area contributed by atoms with Gasteiger partial charge in [0.1, 0.15) is 6.10 Å². The van der Waals surface area contributed by atoms with Gasteiger partial charge >= 0.3 is 5.97 Å². The summed E-state index contributed by atoms with van der Waals surface area (Å²) >= 11 is 0. The van der Waals surface area contributed by atoms with Crippen molar-refractivity contribution in [2.24, 2.45) is 0 Å². The summed E-state index contributed by atoms with van der Waals surface area (Å²) in [5.41, 5.74) is 1.44. The molecule has 0 saturated carbocycles. The van der Waals surface area contributed by atoms with E-state index >= 15 is 0 Å². The lowest BCUT2D eigenvalue weighted by atomic mass is 9.87. The van der Waals surface area contributed by atoms with Crippen molar-refractivity contribution in [3.63, 3.8) is 0 Å². The van der Waals surface area contributed by atoms with Crippen molar-refractivity contribution in [3.8, 4) is 0 Å². The first-order chi connectivity index (χ1) is 13.6. The summed E-state index contributed by atoms with van der Waals surface area (Å²) < 4.78 is 5.70. The summed E-state index contributed by atoms with van der Waals surface area (Å²) in [4.78, 5) is 12.1. The summed E-state index contributed by atoms with van der Waals surface area (Å²) in [7, 11) is 0. The number of hydrogen-bond donors (Lipinski definition) is 0. The predicted molar refractivity (Wildman–Crippen MR) is 117 cm³/mol. The number of ether oxygens (including phenoxy) is 1. The second-order valence-corrected chi connectivity index (χ2v) is 7.47. The van der Waals surface area contributed by atoms with Gasteiger partial charge in [-0.15, -0.1) is 0 Å². The van der Waals surface area contributed by atoms with Crippen LogP contribution < -0.4 is 0 Å². The lowest BCUT2D eigenvalue weighted by Gasteiger charge is -2.20. The third-order valence-corrected chi connectivity index (χ3v) is 5.61. The highest BCUT2D eigenvalue weighted by molar-refractivity contribution is 6.33. The van der Waals surface area contributed by atoms with Crippen LogP contribution in [0.25, 0.3) is 43.1 Å². The Morgan fingerprint density at radius 2 is 1.36 bits per heavy atom. The molecule has 5 aromatic rings. The summed E-state index contributed by atoms with van der Waals surface area (Å²) in [5.74, 6) is -0.359. The number of carbonyl (C=O) groups is 1. The van der Waals surface area contributed by atoms with E-state index < -0.39 is 0 Å². The van der Waals surface area contributed by atoms with Gasteiger partial charge < -0.3 is 4.74 Å². The molecule has 136 valence electrons. The molecule has 0 aliphatic rings. The Kier molecular flexibility index (Phi) is 3.63. The maximum Gasteiger partial charge on any atom is 0.333 e. The van der Waals surface area contributed by atoms with Gasteiger partial charge in [0.25, 0.3) is 0 Å². The van der Waals surface area contributed by atoms with E-state index in [0.29, 0.717) is 5.57 Å². The predicted octanol–water partition coefficient (Wildman–Crippen LogP) is 6.92. The van der Waals surface area contributed by atoms with E-state index in [1.165, 1.54) is 43.1 Å². The maximum absolute atomic E-state index is 12.1. The highest BCUT2D eigenvalue weighted by Gasteiger charge is 2.20. The molecule has 0 aliphatic carbocycles. The molecule has 0 fully saturated rings. The Bertz CT molecular complexity index is 1390. The average molecular weight is 364 g/mol. The van der Waals surface area contributed by atoms with E-state index in [9.17, 15) is 4.79 Å². The Hall–Kier alpha value is -3.39. The van der Waals surface area contributed by atoms with E-state index in [2.05, 4.69) is 73.3 Å². The first kappa shape index (κ1) is 16.8. The van der Waals surface area contributed by atoms with Crippen LogP contribution >= 0.6 is 0 Å².